The first-order chi connectivity index (χ1) is 7.82. The summed E-state index contributed by atoms with van der Waals surface area (Å²) in [5.74, 6) is -1.32. The molecule has 0 saturated carbocycles. The highest BCUT2D eigenvalue weighted by atomic mass is 16.7. The van der Waals surface area contributed by atoms with Gasteiger partial charge in [-0.05, 0) is 6.92 Å². The minimum Gasteiger partial charge on any atom is -0.455 e. The lowest BCUT2D eigenvalue weighted by Gasteiger charge is -2.40. The molecule has 2 unspecified atom stereocenters. The van der Waals surface area contributed by atoms with E-state index in [1.165, 1.54) is 6.92 Å². The molecule has 1 saturated heterocycles. The first-order valence-electron chi connectivity index (χ1n) is 5.19. The lowest BCUT2D eigenvalue weighted by Crippen LogP contribution is -2.59. The van der Waals surface area contributed by atoms with Crippen molar-refractivity contribution in [1.29, 1.82) is 0 Å². The molecule has 1 rings (SSSR count). The number of aliphatic hydroxyl groups excluding tert-OH is 2. The third-order valence-electron chi connectivity index (χ3n) is 2.38. The maximum Gasteiger partial charge on any atom is 0.303 e. The summed E-state index contributed by atoms with van der Waals surface area (Å²) in [5.41, 5.74) is 0. The molecule has 98 valence electrons. The molecule has 0 bridgehead atoms. The second kappa shape index (κ2) is 5.44. The Hall–Kier alpha value is -1.18. The number of esters is 2. The zero-order chi connectivity index (χ0) is 13.2. The number of aliphatic hydroxyl groups is 2. The normalized spacial score (nSPS) is 37.4. The molecule has 1 aliphatic rings. The summed E-state index contributed by atoms with van der Waals surface area (Å²) in [5, 5.41) is 19.4. The van der Waals surface area contributed by atoms with E-state index in [4.69, 9.17) is 14.2 Å². The first kappa shape index (κ1) is 13.9. The smallest absolute Gasteiger partial charge is 0.303 e. The highest BCUT2D eigenvalue weighted by Crippen LogP contribution is 2.24. The standard InChI is InChI=1S/C10H16O7/c1-4-7(13)8(16-5(2)11)9(10(14)15-4)17-6(3)12/h4,7-10,13-14H,1-3H3/t4-,7+,8+,9?,10?/m0/s1. The van der Waals surface area contributed by atoms with Gasteiger partial charge in [-0.1, -0.05) is 0 Å². The Morgan fingerprint density at radius 1 is 1.06 bits per heavy atom. The Bertz CT molecular complexity index is 303. The van der Waals surface area contributed by atoms with Gasteiger partial charge in [-0.15, -0.1) is 0 Å². The van der Waals surface area contributed by atoms with E-state index in [9.17, 15) is 19.8 Å². The van der Waals surface area contributed by atoms with Gasteiger partial charge in [0.15, 0.2) is 18.5 Å². The van der Waals surface area contributed by atoms with E-state index in [0.717, 1.165) is 13.8 Å². The van der Waals surface area contributed by atoms with Crippen LogP contribution in [0.4, 0.5) is 0 Å². The predicted molar refractivity (Wildman–Crippen MR) is 53.7 cm³/mol. The SMILES string of the molecule is CC(=O)OC1C(O)O[C@@H](C)[C@@H](O)[C@H]1OC(C)=O. The molecule has 7 heteroatoms. The molecule has 17 heavy (non-hydrogen) atoms. The molecule has 0 aromatic carbocycles. The predicted octanol–water partition coefficient (Wildman–Crippen LogP) is -1.05. The second-order valence-electron chi connectivity index (χ2n) is 3.87. The van der Waals surface area contributed by atoms with Crippen LogP contribution in [0.5, 0.6) is 0 Å². The first-order valence-corrected chi connectivity index (χ1v) is 5.19. The van der Waals surface area contributed by atoms with Crippen LogP contribution in [0.25, 0.3) is 0 Å². The van der Waals surface area contributed by atoms with Gasteiger partial charge in [-0.25, -0.2) is 0 Å². The quantitative estimate of drug-likeness (QED) is 0.601. The Kier molecular flexibility index (Phi) is 4.44. The van der Waals surface area contributed by atoms with E-state index in [2.05, 4.69) is 0 Å². The van der Waals surface area contributed by atoms with Gasteiger partial charge in [0, 0.05) is 13.8 Å². The summed E-state index contributed by atoms with van der Waals surface area (Å²) in [4.78, 5) is 21.8. The summed E-state index contributed by atoms with van der Waals surface area (Å²) in [7, 11) is 0. The Labute approximate surface area is 98.3 Å². The Balaban J connectivity index is 2.86. The Morgan fingerprint density at radius 2 is 1.53 bits per heavy atom. The molecule has 0 radical (unpaired) electrons. The number of hydrogen-bond acceptors (Lipinski definition) is 7. The van der Waals surface area contributed by atoms with Crippen LogP contribution < -0.4 is 0 Å². The molecule has 1 fully saturated rings. The van der Waals surface area contributed by atoms with E-state index in [1.807, 2.05) is 0 Å². The molecule has 0 aromatic heterocycles. The molecule has 0 spiro atoms. The average molecular weight is 248 g/mol. The van der Waals surface area contributed by atoms with Gasteiger partial charge < -0.3 is 24.4 Å². The van der Waals surface area contributed by atoms with Gasteiger partial charge in [0.05, 0.1) is 6.10 Å². The fraction of sp³-hybridized carbons (Fsp3) is 0.800. The fourth-order valence-corrected chi connectivity index (χ4v) is 1.65. The summed E-state index contributed by atoms with van der Waals surface area (Å²) >= 11 is 0. The van der Waals surface area contributed by atoms with Gasteiger partial charge in [0.1, 0.15) is 6.10 Å². The van der Waals surface area contributed by atoms with E-state index >= 15 is 0 Å². The van der Waals surface area contributed by atoms with Crippen molar-refractivity contribution in [3.63, 3.8) is 0 Å². The lowest BCUT2D eigenvalue weighted by atomic mass is 9.99. The molecule has 7 nitrogen and oxygen atoms in total. The molecule has 5 atom stereocenters. The van der Waals surface area contributed by atoms with Crippen LogP contribution >= 0.6 is 0 Å². The number of ether oxygens (including phenoxy) is 3. The molecule has 0 aliphatic carbocycles. The van der Waals surface area contributed by atoms with Crippen LogP contribution in [0.3, 0.4) is 0 Å². The Morgan fingerprint density at radius 3 is 2.00 bits per heavy atom. The van der Waals surface area contributed by atoms with Gasteiger partial charge in [0.25, 0.3) is 0 Å². The minimum atomic E-state index is -1.44. The second-order valence-corrected chi connectivity index (χ2v) is 3.87. The highest BCUT2D eigenvalue weighted by Gasteiger charge is 2.47. The van der Waals surface area contributed by atoms with Gasteiger partial charge in [-0.2, -0.15) is 0 Å². The number of rotatable bonds is 2. The number of hydrogen-bond donors (Lipinski definition) is 2. The molecule has 2 N–H and O–H groups in total. The van der Waals surface area contributed by atoms with Crippen molar-refractivity contribution < 1.29 is 34.0 Å². The summed E-state index contributed by atoms with van der Waals surface area (Å²) < 4.78 is 14.6. The van der Waals surface area contributed by atoms with Crippen LogP contribution in [-0.2, 0) is 23.8 Å². The molecular formula is C10H16O7. The third kappa shape index (κ3) is 3.39. The van der Waals surface area contributed by atoms with Crippen LogP contribution in [0.15, 0.2) is 0 Å². The maximum atomic E-state index is 10.9. The van der Waals surface area contributed by atoms with Crippen molar-refractivity contribution in [2.45, 2.75) is 51.5 Å². The topological polar surface area (TPSA) is 102 Å². The fourth-order valence-electron chi connectivity index (χ4n) is 1.65. The summed E-state index contributed by atoms with van der Waals surface area (Å²) in [6.07, 6.45) is -5.73. The van der Waals surface area contributed by atoms with E-state index < -0.39 is 42.6 Å². The molecule has 1 aliphatic heterocycles. The zero-order valence-corrected chi connectivity index (χ0v) is 9.82. The largest absolute Gasteiger partial charge is 0.455 e. The highest BCUT2D eigenvalue weighted by molar-refractivity contribution is 5.67. The van der Waals surface area contributed by atoms with Crippen molar-refractivity contribution >= 4 is 11.9 Å². The zero-order valence-electron chi connectivity index (χ0n) is 9.82. The third-order valence-corrected chi connectivity index (χ3v) is 2.38. The van der Waals surface area contributed by atoms with Gasteiger partial charge >= 0.3 is 11.9 Å². The van der Waals surface area contributed by atoms with Crippen molar-refractivity contribution in [2.75, 3.05) is 0 Å². The number of carbonyl (C=O) groups excluding carboxylic acids is 2. The summed E-state index contributed by atoms with van der Waals surface area (Å²) in [6.45, 7) is 3.81. The van der Waals surface area contributed by atoms with Crippen LogP contribution in [0.2, 0.25) is 0 Å². The van der Waals surface area contributed by atoms with Crippen molar-refractivity contribution in [2.24, 2.45) is 0 Å². The van der Waals surface area contributed by atoms with E-state index in [-0.39, 0.29) is 0 Å². The van der Waals surface area contributed by atoms with Crippen molar-refractivity contribution in [3.8, 4) is 0 Å². The lowest BCUT2D eigenvalue weighted by molar-refractivity contribution is -0.285. The van der Waals surface area contributed by atoms with E-state index in [0.29, 0.717) is 0 Å². The van der Waals surface area contributed by atoms with Gasteiger partial charge in [0.2, 0.25) is 0 Å². The summed E-state index contributed by atoms with van der Waals surface area (Å²) in [6, 6.07) is 0. The molecule has 0 aromatic rings. The van der Waals surface area contributed by atoms with Crippen molar-refractivity contribution in [1.82, 2.24) is 0 Å². The minimum absolute atomic E-state index is 0.646. The maximum absolute atomic E-state index is 10.9. The number of carbonyl (C=O) groups is 2. The average Bonchev–Trinajstić information content (AvgIpc) is 2.19. The monoisotopic (exact) mass is 248 g/mol. The van der Waals surface area contributed by atoms with Crippen molar-refractivity contribution in [3.05, 3.63) is 0 Å². The molecular weight excluding hydrogens is 232 g/mol. The molecule has 0 amide bonds. The van der Waals surface area contributed by atoms with E-state index in [1.54, 1.807) is 0 Å². The molecule has 1 heterocycles. The van der Waals surface area contributed by atoms with Crippen LogP contribution in [0, 0.1) is 0 Å². The van der Waals surface area contributed by atoms with Gasteiger partial charge in [-0.3, -0.25) is 9.59 Å². The van der Waals surface area contributed by atoms with Crippen LogP contribution in [-0.4, -0.2) is 52.9 Å². The van der Waals surface area contributed by atoms with Crippen LogP contribution in [0.1, 0.15) is 20.8 Å².